The molecule has 0 radical (unpaired) electrons. The Morgan fingerprint density at radius 3 is 2.46 bits per heavy atom. The molecule has 0 unspecified atom stereocenters. The summed E-state index contributed by atoms with van der Waals surface area (Å²) in [6.45, 7) is 0.322. The van der Waals surface area contributed by atoms with E-state index in [1.807, 2.05) is 42.5 Å². The van der Waals surface area contributed by atoms with Gasteiger partial charge in [0.25, 0.3) is 0 Å². The Morgan fingerprint density at radius 2 is 1.77 bits per heavy atom. The number of fused-ring (bicyclic) bond motifs is 1. The van der Waals surface area contributed by atoms with Gasteiger partial charge in [-0.2, -0.15) is 0 Å². The predicted octanol–water partition coefficient (Wildman–Crippen LogP) is 5.56. The van der Waals surface area contributed by atoms with E-state index in [4.69, 9.17) is 9.47 Å². The first-order valence-electron chi connectivity index (χ1n) is 10.8. The van der Waals surface area contributed by atoms with Crippen molar-refractivity contribution in [1.82, 2.24) is 9.97 Å². The standard InChI is InChI=1S/C26H22N2O5S2/c1-35(30,31)22-9-7-19(8-10-22)33-20-11-18-12-23(26-27-14-21(15-29)34-26)28-25(18)24(13-20)32-16-17-5-3-2-4-6-17/h2-14,28-29H,15-16H2,1H3. The smallest absolute Gasteiger partial charge is 0.175 e. The molecule has 2 N–H and O–H groups in total. The van der Waals surface area contributed by atoms with Crippen molar-refractivity contribution >= 4 is 32.1 Å². The zero-order chi connectivity index (χ0) is 24.4. The Morgan fingerprint density at radius 1 is 1.00 bits per heavy atom. The van der Waals surface area contributed by atoms with Crippen LogP contribution in [0.15, 0.2) is 83.9 Å². The van der Waals surface area contributed by atoms with Gasteiger partial charge in [0.05, 0.1) is 27.6 Å². The van der Waals surface area contributed by atoms with Crippen LogP contribution in [0.4, 0.5) is 0 Å². The number of aromatic amines is 1. The molecule has 5 aromatic rings. The SMILES string of the molecule is CS(=O)(=O)c1ccc(Oc2cc(OCc3ccccc3)c3[nH]c(-c4ncc(CO)s4)cc3c2)cc1. The van der Waals surface area contributed by atoms with Crippen LogP contribution in [0.2, 0.25) is 0 Å². The van der Waals surface area contributed by atoms with Crippen molar-refractivity contribution in [3.63, 3.8) is 0 Å². The maximum Gasteiger partial charge on any atom is 0.175 e. The van der Waals surface area contributed by atoms with E-state index in [-0.39, 0.29) is 11.5 Å². The molecule has 5 rings (SSSR count). The highest BCUT2D eigenvalue weighted by atomic mass is 32.2. The third-order valence-corrected chi connectivity index (χ3v) is 7.47. The number of nitrogens with one attached hydrogen (secondary N) is 1. The van der Waals surface area contributed by atoms with Gasteiger partial charge in [-0.1, -0.05) is 30.3 Å². The molecule has 0 fully saturated rings. The normalized spacial score (nSPS) is 11.6. The van der Waals surface area contributed by atoms with Crippen molar-refractivity contribution in [2.24, 2.45) is 0 Å². The van der Waals surface area contributed by atoms with Crippen LogP contribution in [0.3, 0.4) is 0 Å². The Labute approximate surface area is 206 Å². The molecule has 35 heavy (non-hydrogen) atoms. The van der Waals surface area contributed by atoms with E-state index in [0.29, 0.717) is 23.9 Å². The Bertz CT molecular complexity index is 1570. The summed E-state index contributed by atoms with van der Waals surface area (Å²) in [4.78, 5) is 8.80. The van der Waals surface area contributed by atoms with Gasteiger partial charge in [0.2, 0.25) is 0 Å². The van der Waals surface area contributed by atoms with Crippen LogP contribution in [0.25, 0.3) is 21.6 Å². The van der Waals surface area contributed by atoms with Crippen LogP contribution < -0.4 is 9.47 Å². The minimum Gasteiger partial charge on any atom is -0.487 e. The molecular formula is C26H22N2O5S2. The van der Waals surface area contributed by atoms with E-state index in [9.17, 15) is 13.5 Å². The summed E-state index contributed by atoms with van der Waals surface area (Å²) in [6, 6.07) is 21.8. The third kappa shape index (κ3) is 5.22. The molecule has 2 aromatic heterocycles. The van der Waals surface area contributed by atoms with Crippen molar-refractivity contribution < 1.29 is 23.0 Å². The summed E-state index contributed by atoms with van der Waals surface area (Å²) in [5, 5.41) is 11.0. The number of benzene rings is 3. The van der Waals surface area contributed by atoms with E-state index in [1.165, 1.54) is 29.7 Å². The molecule has 0 atom stereocenters. The lowest BCUT2D eigenvalue weighted by Crippen LogP contribution is -1.97. The Kier molecular flexibility index (Phi) is 6.29. The fourth-order valence-electron chi connectivity index (χ4n) is 3.60. The minimum absolute atomic E-state index is 0.0561. The lowest BCUT2D eigenvalue weighted by Gasteiger charge is -2.11. The molecule has 3 aromatic carbocycles. The number of aromatic nitrogens is 2. The van der Waals surface area contributed by atoms with E-state index in [0.717, 1.165) is 32.0 Å². The van der Waals surface area contributed by atoms with Crippen LogP contribution in [0.5, 0.6) is 17.2 Å². The van der Waals surface area contributed by atoms with Gasteiger partial charge in [0.15, 0.2) is 9.84 Å². The van der Waals surface area contributed by atoms with Crippen LogP contribution in [-0.2, 0) is 23.1 Å². The van der Waals surface area contributed by atoms with Gasteiger partial charge in [-0.3, -0.25) is 0 Å². The van der Waals surface area contributed by atoms with Gasteiger partial charge in [0, 0.05) is 23.9 Å². The van der Waals surface area contributed by atoms with Crippen molar-refractivity contribution in [1.29, 1.82) is 0 Å². The molecule has 9 heteroatoms. The van der Waals surface area contributed by atoms with Crippen LogP contribution in [0.1, 0.15) is 10.4 Å². The number of rotatable bonds is 8. The highest BCUT2D eigenvalue weighted by Gasteiger charge is 2.15. The second-order valence-corrected chi connectivity index (χ2v) is 11.1. The second kappa shape index (κ2) is 9.53. The Balaban J connectivity index is 1.50. The fourth-order valence-corrected chi connectivity index (χ4v) is 4.98. The van der Waals surface area contributed by atoms with E-state index in [2.05, 4.69) is 9.97 Å². The maximum absolute atomic E-state index is 11.7. The van der Waals surface area contributed by atoms with Crippen LogP contribution in [-0.4, -0.2) is 29.7 Å². The molecule has 0 spiro atoms. The van der Waals surface area contributed by atoms with Gasteiger partial charge in [-0.25, -0.2) is 13.4 Å². The highest BCUT2D eigenvalue weighted by molar-refractivity contribution is 7.90. The van der Waals surface area contributed by atoms with Crippen molar-refractivity contribution in [3.05, 3.63) is 89.4 Å². The number of sulfone groups is 1. The van der Waals surface area contributed by atoms with Crippen molar-refractivity contribution in [2.45, 2.75) is 18.1 Å². The molecule has 0 aliphatic carbocycles. The Hall–Kier alpha value is -3.66. The van der Waals surface area contributed by atoms with Gasteiger partial charge >= 0.3 is 0 Å². The summed E-state index contributed by atoms with van der Waals surface area (Å²) in [5.74, 6) is 1.67. The molecule has 0 saturated carbocycles. The highest BCUT2D eigenvalue weighted by Crippen LogP contribution is 2.37. The number of aliphatic hydroxyl groups is 1. The van der Waals surface area contributed by atoms with Gasteiger partial charge in [0.1, 0.15) is 28.9 Å². The topological polar surface area (TPSA) is 102 Å². The van der Waals surface area contributed by atoms with Gasteiger partial charge in [-0.15, -0.1) is 11.3 Å². The van der Waals surface area contributed by atoms with Crippen molar-refractivity contribution in [2.75, 3.05) is 6.26 Å². The summed E-state index contributed by atoms with van der Waals surface area (Å²) in [6.07, 6.45) is 2.83. The summed E-state index contributed by atoms with van der Waals surface area (Å²) in [5.41, 5.74) is 2.64. The zero-order valence-electron chi connectivity index (χ0n) is 18.8. The number of hydrogen-bond donors (Lipinski definition) is 2. The van der Waals surface area contributed by atoms with Crippen LogP contribution in [0, 0.1) is 0 Å². The number of ether oxygens (including phenoxy) is 2. The minimum atomic E-state index is -3.29. The maximum atomic E-state index is 11.7. The lowest BCUT2D eigenvalue weighted by atomic mass is 10.2. The number of aliphatic hydroxyl groups excluding tert-OH is 1. The number of hydrogen-bond acceptors (Lipinski definition) is 7. The number of thiazole rings is 1. The molecule has 0 saturated heterocycles. The van der Waals surface area contributed by atoms with E-state index < -0.39 is 9.84 Å². The number of nitrogens with zero attached hydrogens (tertiary/aromatic N) is 1. The van der Waals surface area contributed by atoms with Crippen LogP contribution >= 0.6 is 11.3 Å². The molecule has 0 aliphatic heterocycles. The van der Waals surface area contributed by atoms with Crippen molar-refractivity contribution in [3.8, 4) is 28.0 Å². The number of H-pyrrole nitrogens is 1. The largest absolute Gasteiger partial charge is 0.487 e. The first kappa shape index (κ1) is 23.1. The summed E-state index contributed by atoms with van der Waals surface area (Å²) < 4.78 is 35.7. The first-order chi connectivity index (χ1) is 16.9. The summed E-state index contributed by atoms with van der Waals surface area (Å²) >= 11 is 1.41. The third-order valence-electron chi connectivity index (χ3n) is 5.33. The monoisotopic (exact) mass is 506 g/mol. The summed E-state index contributed by atoms with van der Waals surface area (Å²) in [7, 11) is -3.29. The fraction of sp³-hybridized carbons (Fsp3) is 0.115. The average Bonchev–Trinajstić information content (AvgIpc) is 3.50. The predicted molar refractivity (Wildman–Crippen MR) is 136 cm³/mol. The average molecular weight is 507 g/mol. The van der Waals surface area contributed by atoms with Gasteiger partial charge in [-0.05, 0) is 42.0 Å². The lowest BCUT2D eigenvalue weighted by molar-refractivity contribution is 0.285. The molecule has 7 nitrogen and oxygen atoms in total. The molecular weight excluding hydrogens is 484 g/mol. The zero-order valence-corrected chi connectivity index (χ0v) is 20.4. The van der Waals surface area contributed by atoms with E-state index in [1.54, 1.807) is 24.4 Å². The molecule has 178 valence electrons. The van der Waals surface area contributed by atoms with E-state index >= 15 is 0 Å². The second-order valence-electron chi connectivity index (χ2n) is 7.98. The van der Waals surface area contributed by atoms with Gasteiger partial charge < -0.3 is 19.6 Å². The first-order valence-corrected chi connectivity index (χ1v) is 13.5. The molecule has 0 aliphatic rings. The molecule has 0 amide bonds. The molecule has 0 bridgehead atoms. The molecule has 2 heterocycles. The quantitative estimate of drug-likeness (QED) is 0.286.